The summed E-state index contributed by atoms with van der Waals surface area (Å²) in [6.07, 6.45) is 5.02. The number of unbranched alkanes of at least 4 members (excludes halogenated alkanes) is 2. The maximum Gasteiger partial charge on any atom is 0.211 e. The fourth-order valence-electron chi connectivity index (χ4n) is 1.78. The Bertz CT molecular complexity index is 289. The van der Waals surface area contributed by atoms with Crippen molar-refractivity contribution in [3.63, 3.8) is 0 Å². The van der Waals surface area contributed by atoms with Crippen LogP contribution in [0.4, 0.5) is 0 Å². The van der Waals surface area contributed by atoms with Gasteiger partial charge in [-0.2, -0.15) is 0 Å². The Morgan fingerprint density at radius 2 is 1.72 bits per heavy atom. The lowest BCUT2D eigenvalue weighted by atomic mass is 10.1. The summed E-state index contributed by atoms with van der Waals surface area (Å²) in [5.41, 5.74) is 0. The molecule has 1 atom stereocenters. The molecule has 0 saturated heterocycles. The molecule has 0 aromatic rings. The van der Waals surface area contributed by atoms with E-state index in [9.17, 15) is 8.42 Å². The van der Waals surface area contributed by atoms with E-state index in [2.05, 4.69) is 30.8 Å². The number of nitrogens with one attached hydrogen (secondary N) is 2. The molecule has 0 spiro atoms. The monoisotopic (exact) mass is 278 g/mol. The number of hydrogen-bond acceptors (Lipinski definition) is 3. The minimum absolute atomic E-state index is 0.0552. The summed E-state index contributed by atoms with van der Waals surface area (Å²) < 4.78 is 26.3. The summed E-state index contributed by atoms with van der Waals surface area (Å²) in [5.74, 6) is 0.213. The molecule has 0 bridgehead atoms. The Hall–Kier alpha value is -0.130. The quantitative estimate of drug-likeness (QED) is 0.570. The Morgan fingerprint density at radius 3 is 2.28 bits per heavy atom. The van der Waals surface area contributed by atoms with Crippen LogP contribution >= 0.6 is 0 Å². The SMILES string of the molecule is CCCCCC(C)NS(=O)(=O)CCCNC(C)C. The first-order valence-corrected chi connectivity index (χ1v) is 8.76. The summed E-state index contributed by atoms with van der Waals surface area (Å²) in [7, 11) is -3.11. The molecule has 5 heteroatoms. The first-order valence-electron chi connectivity index (χ1n) is 7.10. The zero-order valence-corrected chi connectivity index (χ0v) is 13.1. The van der Waals surface area contributed by atoms with Crippen molar-refractivity contribution in [1.82, 2.24) is 10.0 Å². The zero-order valence-electron chi connectivity index (χ0n) is 12.3. The van der Waals surface area contributed by atoms with E-state index in [1.54, 1.807) is 0 Å². The largest absolute Gasteiger partial charge is 0.314 e. The number of hydrogen-bond donors (Lipinski definition) is 2. The minimum Gasteiger partial charge on any atom is -0.314 e. The van der Waals surface area contributed by atoms with E-state index in [-0.39, 0.29) is 11.8 Å². The lowest BCUT2D eigenvalue weighted by molar-refractivity contribution is 0.522. The van der Waals surface area contributed by atoms with E-state index < -0.39 is 10.0 Å². The fraction of sp³-hybridized carbons (Fsp3) is 1.00. The summed E-state index contributed by atoms with van der Waals surface area (Å²) >= 11 is 0. The van der Waals surface area contributed by atoms with Crippen LogP contribution in [0.3, 0.4) is 0 Å². The van der Waals surface area contributed by atoms with Crippen LogP contribution in [0, 0.1) is 0 Å². The normalized spacial score (nSPS) is 14.1. The predicted octanol–water partition coefficient (Wildman–Crippen LogP) is 2.26. The summed E-state index contributed by atoms with van der Waals surface area (Å²) in [6.45, 7) is 8.96. The lowest BCUT2D eigenvalue weighted by Gasteiger charge is -2.14. The summed E-state index contributed by atoms with van der Waals surface area (Å²) in [5, 5.41) is 3.22. The molecule has 110 valence electrons. The highest BCUT2D eigenvalue weighted by atomic mass is 32.2. The Morgan fingerprint density at radius 1 is 1.06 bits per heavy atom. The van der Waals surface area contributed by atoms with Crippen molar-refractivity contribution in [2.75, 3.05) is 12.3 Å². The van der Waals surface area contributed by atoms with Crippen molar-refractivity contribution in [1.29, 1.82) is 0 Å². The zero-order chi connectivity index (χ0) is 14.0. The second kappa shape index (κ2) is 9.75. The molecule has 0 amide bonds. The average molecular weight is 278 g/mol. The molecule has 2 N–H and O–H groups in total. The van der Waals surface area contributed by atoms with Crippen molar-refractivity contribution in [2.24, 2.45) is 0 Å². The van der Waals surface area contributed by atoms with Gasteiger partial charge in [0.05, 0.1) is 5.75 Å². The molecule has 0 radical (unpaired) electrons. The fourth-order valence-corrected chi connectivity index (χ4v) is 3.15. The van der Waals surface area contributed by atoms with Crippen LogP contribution in [0.25, 0.3) is 0 Å². The van der Waals surface area contributed by atoms with Crippen LogP contribution in [0.5, 0.6) is 0 Å². The molecule has 0 rings (SSSR count). The van der Waals surface area contributed by atoms with Gasteiger partial charge in [0.15, 0.2) is 0 Å². The van der Waals surface area contributed by atoms with Gasteiger partial charge in [-0.15, -0.1) is 0 Å². The lowest BCUT2D eigenvalue weighted by Crippen LogP contribution is -2.35. The number of rotatable bonds is 11. The molecule has 0 saturated carbocycles. The molecule has 1 unspecified atom stereocenters. The van der Waals surface area contributed by atoms with Crippen LogP contribution in [-0.2, 0) is 10.0 Å². The van der Waals surface area contributed by atoms with Gasteiger partial charge in [-0.05, 0) is 26.3 Å². The second-order valence-electron chi connectivity index (χ2n) is 5.30. The van der Waals surface area contributed by atoms with Gasteiger partial charge in [-0.1, -0.05) is 40.0 Å². The molecule has 18 heavy (non-hydrogen) atoms. The Kier molecular flexibility index (Phi) is 9.68. The van der Waals surface area contributed by atoms with Crippen molar-refractivity contribution >= 4 is 10.0 Å². The minimum atomic E-state index is -3.11. The van der Waals surface area contributed by atoms with Crippen LogP contribution in [-0.4, -0.2) is 32.8 Å². The Labute approximate surface area is 113 Å². The maximum absolute atomic E-state index is 11.8. The second-order valence-corrected chi connectivity index (χ2v) is 7.17. The van der Waals surface area contributed by atoms with Crippen molar-refractivity contribution in [2.45, 2.75) is 71.9 Å². The molecule has 0 fully saturated rings. The molecular weight excluding hydrogens is 248 g/mol. The van der Waals surface area contributed by atoms with E-state index in [1.165, 1.54) is 12.8 Å². The van der Waals surface area contributed by atoms with Crippen molar-refractivity contribution < 1.29 is 8.42 Å². The molecule has 0 aromatic carbocycles. The highest BCUT2D eigenvalue weighted by molar-refractivity contribution is 7.89. The van der Waals surface area contributed by atoms with E-state index >= 15 is 0 Å². The van der Waals surface area contributed by atoms with Crippen LogP contribution in [0.2, 0.25) is 0 Å². The molecule has 0 aliphatic heterocycles. The summed E-state index contributed by atoms with van der Waals surface area (Å²) in [6, 6.07) is 0.466. The van der Waals surface area contributed by atoms with Crippen LogP contribution < -0.4 is 10.0 Å². The highest BCUT2D eigenvalue weighted by Crippen LogP contribution is 2.04. The number of sulfonamides is 1. The first kappa shape index (κ1) is 17.9. The molecule has 4 nitrogen and oxygen atoms in total. The van der Waals surface area contributed by atoms with E-state index in [1.807, 2.05) is 6.92 Å². The molecule has 0 aliphatic rings. The standard InChI is InChI=1S/C13H30N2O2S/c1-5-6-7-9-13(4)15-18(16,17)11-8-10-14-12(2)3/h12-15H,5-11H2,1-4H3. The van der Waals surface area contributed by atoms with Gasteiger partial charge in [0.1, 0.15) is 0 Å². The molecule has 0 aliphatic carbocycles. The van der Waals surface area contributed by atoms with Gasteiger partial charge in [-0.3, -0.25) is 0 Å². The predicted molar refractivity (Wildman–Crippen MR) is 78.3 cm³/mol. The third-order valence-corrected chi connectivity index (χ3v) is 4.35. The molecule has 0 aromatic heterocycles. The highest BCUT2D eigenvalue weighted by Gasteiger charge is 2.13. The topological polar surface area (TPSA) is 58.2 Å². The van der Waals surface area contributed by atoms with E-state index in [4.69, 9.17) is 0 Å². The van der Waals surface area contributed by atoms with Crippen LogP contribution in [0.1, 0.15) is 59.8 Å². The maximum atomic E-state index is 11.8. The van der Waals surface area contributed by atoms with Gasteiger partial charge in [0.25, 0.3) is 0 Å². The third-order valence-electron chi connectivity index (χ3n) is 2.76. The van der Waals surface area contributed by atoms with Gasteiger partial charge in [0.2, 0.25) is 10.0 Å². The van der Waals surface area contributed by atoms with Gasteiger partial charge >= 0.3 is 0 Å². The average Bonchev–Trinajstić information content (AvgIpc) is 2.24. The Balaban J connectivity index is 3.78. The van der Waals surface area contributed by atoms with Crippen molar-refractivity contribution in [3.8, 4) is 0 Å². The van der Waals surface area contributed by atoms with Crippen LogP contribution in [0.15, 0.2) is 0 Å². The van der Waals surface area contributed by atoms with Gasteiger partial charge in [0, 0.05) is 12.1 Å². The van der Waals surface area contributed by atoms with E-state index in [0.29, 0.717) is 12.5 Å². The molecule has 0 heterocycles. The van der Waals surface area contributed by atoms with E-state index in [0.717, 1.165) is 19.4 Å². The smallest absolute Gasteiger partial charge is 0.211 e. The third kappa shape index (κ3) is 11.0. The summed E-state index contributed by atoms with van der Waals surface area (Å²) in [4.78, 5) is 0. The van der Waals surface area contributed by atoms with Gasteiger partial charge < -0.3 is 5.32 Å². The molecular formula is C13H30N2O2S. The first-order chi connectivity index (χ1) is 8.37. The van der Waals surface area contributed by atoms with Gasteiger partial charge in [-0.25, -0.2) is 13.1 Å². The van der Waals surface area contributed by atoms with Crippen molar-refractivity contribution in [3.05, 3.63) is 0 Å².